The molecule has 0 aromatic carbocycles. The molecule has 0 atom stereocenters. The van der Waals surface area contributed by atoms with Crippen molar-refractivity contribution in [3.05, 3.63) is 0 Å². The lowest BCUT2D eigenvalue weighted by Gasteiger charge is -2.02. The van der Waals surface area contributed by atoms with Crippen molar-refractivity contribution in [1.82, 2.24) is 10.6 Å². The fraction of sp³-hybridized carbons (Fsp3) is 0.750. The molecule has 0 aliphatic heterocycles. The highest BCUT2D eigenvalue weighted by Crippen LogP contribution is 1.98. The summed E-state index contributed by atoms with van der Waals surface area (Å²) >= 11 is 10.1. The molecule has 0 rings (SSSR count). The van der Waals surface area contributed by atoms with Crippen molar-refractivity contribution >= 4 is 33.9 Å². The minimum atomic E-state index is -0.514. The number of hydrogen-bond donors (Lipinski definition) is 2. The molecule has 82 valence electrons. The Morgan fingerprint density at radius 3 is 1.43 bits per heavy atom. The monoisotopic (exact) mass is 240 g/mol. The molecule has 0 heterocycles. The van der Waals surface area contributed by atoms with Crippen LogP contribution < -0.4 is 10.6 Å². The number of hydrogen-bond acceptors (Lipinski definition) is 2. The van der Waals surface area contributed by atoms with Crippen LogP contribution in [-0.2, 0) is 0 Å². The van der Waals surface area contributed by atoms with Gasteiger partial charge < -0.3 is 10.6 Å². The Labute approximate surface area is 93.3 Å². The van der Waals surface area contributed by atoms with Crippen molar-refractivity contribution in [2.24, 2.45) is 0 Å². The summed E-state index contributed by atoms with van der Waals surface area (Å²) in [5.74, 6) is 0. The van der Waals surface area contributed by atoms with Crippen molar-refractivity contribution in [3.63, 3.8) is 0 Å². The molecule has 4 nitrogen and oxygen atoms in total. The van der Waals surface area contributed by atoms with Crippen molar-refractivity contribution in [2.45, 2.75) is 25.7 Å². The predicted molar refractivity (Wildman–Crippen MR) is 57.0 cm³/mol. The maximum absolute atomic E-state index is 10.2. The molecule has 0 fully saturated rings. The summed E-state index contributed by atoms with van der Waals surface area (Å²) in [4.78, 5) is 20.5. The number of amides is 2. The van der Waals surface area contributed by atoms with E-state index in [9.17, 15) is 9.59 Å². The van der Waals surface area contributed by atoms with Gasteiger partial charge in [-0.1, -0.05) is 12.8 Å². The van der Waals surface area contributed by atoms with Gasteiger partial charge in [0.15, 0.2) is 0 Å². The lowest BCUT2D eigenvalue weighted by molar-refractivity contribution is 0.258. The first-order chi connectivity index (χ1) is 6.63. The maximum Gasteiger partial charge on any atom is 0.313 e. The van der Waals surface area contributed by atoms with E-state index in [4.69, 9.17) is 23.2 Å². The molecule has 2 N–H and O–H groups in total. The fourth-order valence-corrected chi connectivity index (χ4v) is 1.17. The number of nitrogens with one attached hydrogen (secondary N) is 2. The van der Waals surface area contributed by atoms with Crippen LogP contribution in [0.5, 0.6) is 0 Å². The van der Waals surface area contributed by atoms with Gasteiger partial charge in [0, 0.05) is 13.1 Å². The summed E-state index contributed by atoms with van der Waals surface area (Å²) in [6, 6.07) is 0. The van der Waals surface area contributed by atoms with Gasteiger partial charge in [0.05, 0.1) is 0 Å². The number of unbranched alkanes of at least 4 members (excludes halogenated alkanes) is 3. The first kappa shape index (κ1) is 13.5. The summed E-state index contributed by atoms with van der Waals surface area (Å²) in [5.41, 5.74) is 0. The molecule has 0 bridgehead atoms. The van der Waals surface area contributed by atoms with E-state index in [2.05, 4.69) is 10.6 Å². The third-order valence-corrected chi connectivity index (χ3v) is 1.90. The standard InChI is InChI=1S/C8H14Cl2N2O2/c9-7(13)11-5-3-1-2-4-6-12-8(10)14/h1-6H2,(H,11,13)(H,12,14). The molecule has 0 aliphatic rings. The van der Waals surface area contributed by atoms with Crippen LogP contribution in [0.15, 0.2) is 0 Å². The Hall–Kier alpha value is -0.480. The number of carbonyl (C=O) groups excluding carboxylic acids is 2. The van der Waals surface area contributed by atoms with E-state index >= 15 is 0 Å². The number of carbonyl (C=O) groups is 2. The average molecular weight is 241 g/mol. The molecule has 0 radical (unpaired) electrons. The van der Waals surface area contributed by atoms with Crippen molar-refractivity contribution in [1.29, 1.82) is 0 Å². The van der Waals surface area contributed by atoms with E-state index in [1.54, 1.807) is 0 Å². The average Bonchev–Trinajstić information content (AvgIpc) is 2.08. The zero-order valence-electron chi connectivity index (χ0n) is 7.82. The summed E-state index contributed by atoms with van der Waals surface area (Å²) in [6.45, 7) is 1.20. The highest BCUT2D eigenvalue weighted by Gasteiger charge is 1.95. The van der Waals surface area contributed by atoms with Crippen LogP contribution in [0.25, 0.3) is 0 Å². The third-order valence-electron chi connectivity index (χ3n) is 1.63. The largest absolute Gasteiger partial charge is 0.343 e. The first-order valence-corrected chi connectivity index (χ1v) is 5.25. The number of halogens is 2. The topological polar surface area (TPSA) is 58.2 Å². The maximum atomic E-state index is 10.2. The molecule has 0 saturated heterocycles. The second kappa shape index (κ2) is 9.09. The molecule has 0 spiro atoms. The fourth-order valence-electron chi connectivity index (χ4n) is 0.977. The van der Waals surface area contributed by atoms with Gasteiger partial charge in [-0.2, -0.15) is 0 Å². The second-order valence-electron chi connectivity index (χ2n) is 2.82. The van der Waals surface area contributed by atoms with Gasteiger partial charge in [-0.05, 0) is 36.0 Å². The quantitative estimate of drug-likeness (QED) is 0.408. The van der Waals surface area contributed by atoms with E-state index in [0.717, 1.165) is 25.7 Å². The number of rotatable bonds is 7. The summed E-state index contributed by atoms with van der Waals surface area (Å²) in [6.07, 6.45) is 3.78. The van der Waals surface area contributed by atoms with E-state index in [0.29, 0.717) is 13.1 Å². The third kappa shape index (κ3) is 11.5. The molecule has 14 heavy (non-hydrogen) atoms. The molecule has 0 saturated carbocycles. The molecule has 0 unspecified atom stereocenters. The molecule has 0 aromatic rings. The van der Waals surface area contributed by atoms with Crippen LogP contribution in [0.3, 0.4) is 0 Å². The Morgan fingerprint density at radius 1 is 0.786 bits per heavy atom. The predicted octanol–water partition coefficient (Wildman–Crippen LogP) is 2.44. The smallest absolute Gasteiger partial charge is 0.313 e. The zero-order valence-corrected chi connectivity index (χ0v) is 9.33. The Balaban J connectivity index is 2.99. The van der Waals surface area contributed by atoms with Gasteiger partial charge in [0.1, 0.15) is 0 Å². The van der Waals surface area contributed by atoms with Crippen molar-refractivity contribution < 1.29 is 9.59 Å². The molecular weight excluding hydrogens is 227 g/mol. The molecule has 0 aromatic heterocycles. The molecule has 2 amide bonds. The van der Waals surface area contributed by atoms with Crippen LogP contribution in [0.4, 0.5) is 9.59 Å². The van der Waals surface area contributed by atoms with E-state index in [1.165, 1.54) is 0 Å². The molecule has 6 heteroatoms. The van der Waals surface area contributed by atoms with Crippen LogP contribution in [0.2, 0.25) is 0 Å². The second-order valence-corrected chi connectivity index (χ2v) is 3.50. The van der Waals surface area contributed by atoms with E-state index in [-0.39, 0.29) is 0 Å². The highest BCUT2D eigenvalue weighted by molar-refractivity contribution is 6.63. The lowest BCUT2D eigenvalue weighted by atomic mass is 10.2. The summed E-state index contributed by atoms with van der Waals surface area (Å²) in [5, 5.41) is 3.95. The van der Waals surface area contributed by atoms with Gasteiger partial charge in [-0.15, -0.1) is 0 Å². The van der Waals surface area contributed by atoms with Crippen LogP contribution in [0.1, 0.15) is 25.7 Å². The van der Waals surface area contributed by atoms with Gasteiger partial charge in [0.2, 0.25) is 0 Å². The summed E-state index contributed by atoms with van der Waals surface area (Å²) < 4.78 is 0. The minimum absolute atomic E-state index is 0.514. The molecule has 0 aliphatic carbocycles. The van der Waals surface area contributed by atoms with Gasteiger partial charge >= 0.3 is 10.7 Å². The zero-order chi connectivity index (χ0) is 10.8. The van der Waals surface area contributed by atoms with Crippen LogP contribution in [0, 0.1) is 0 Å². The SMILES string of the molecule is O=C(Cl)NCCCCCCNC(=O)Cl. The first-order valence-electron chi connectivity index (χ1n) is 4.49. The van der Waals surface area contributed by atoms with Crippen LogP contribution >= 0.6 is 23.2 Å². The normalized spacial score (nSPS) is 9.57. The summed E-state index contributed by atoms with van der Waals surface area (Å²) in [7, 11) is 0. The van der Waals surface area contributed by atoms with E-state index in [1.807, 2.05) is 0 Å². The van der Waals surface area contributed by atoms with Gasteiger partial charge in [-0.25, -0.2) is 0 Å². The Bertz CT molecular complexity index is 168. The minimum Gasteiger partial charge on any atom is -0.343 e. The Morgan fingerprint density at radius 2 is 1.14 bits per heavy atom. The van der Waals surface area contributed by atoms with E-state index < -0.39 is 10.7 Å². The molecular formula is C8H14Cl2N2O2. The lowest BCUT2D eigenvalue weighted by Crippen LogP contribution is -2.18. The van der Waals surface area contributed by atoms with Gasteiger partial charge in [0.25, 0.3) is 0 Å². The van der Waals surface area contributed by atoms with Gasteiger partial charge in [-0.3, -0.25) is 9.59 Å². The highest BCUT2D eigenvalue weighted by atomic mass is 35.5. The van der Waals surface area contributed by atoms with Crippen molar-refractivity contribution in [3.8, 4) is 0 Å². The van der Waals surface area contributed by atoms with Crippen LogP contribution in [-0.4, -0.2) is 23.8 Å². The van der Waals surface area contributed by atoms with Crippen molar-refractivity contribution in [2.75, 3.05) is 13.1 Å². The Kier molecular flexibility index (Phi) is 8.78.